The number of nitrogens with zero attached hydrogens (tertiary/aromatic N) is 1. The van der Waals surface area contributed by atoms with Gasteiger partial charge in [-0.15, -0.1) is 0 Å². The van der Waals surface area contributed by atoms with Gasteiger partial charge in [0.15, 0.2) is 0 Å². The van der Waals surface area contributed by atoms with Gasteiger partial charge < -0.3 is 4.98 Å². The number of benzene rings is 2. The maximum absolute atomic E-state index is 8.83. The molecule has 0 fully saturated rings. The monoisotopic (exact) mass is 192 g/mol. The summed E-state index contributed by atoms with van der Waals surface area (Å²) in [5.41, 5.74) is 1.66. The molecule has 0 aliphatic heterocycles. The van der Waals surface area contributed by atoms with Gasteiger partial charge in [0.1, 0.15) is 11.8 Å². The van der Waals surface area contributed by atoms with Gasteiger partial charge in [0.2, 0.25) is 0 Å². The molecule has 3 rings (SSSR count). The molecule has 3 aromatic rings. The summed E-state index contributed by atoms with van der Waals surface area (Å²) in [6.07, 6.45) is 0. The molecule has 70 valence electrons. The zero-order chi connectivity index (χ0) is 10.3. The quantitative estimate of drug-likeness (QED) is 0.583. The van der Waals surface area contributed by atoms with Crippen LogP contribution in [0.4, 0.5) is 0 Å². The van der Waals surface area contributed by atoms with Crippen LogP contribution in [0.5, 0.6) is 0 Å². The average Bonchev–Trinajstić information content (AvgIpc) is 2.72. The molecule has 1 aromatic heterocycles. The second-order valence-electron chi connectivity index (χ2n) is 3.55. The van der Waals surface area contributed by atoms with Crippen LogP contribution in [-0.4, -0.2) is 4.98 Å². The molecule has 0 saturated carbocycles. The van der Waals surface area contributed by atoms with Crippen molar-refractivity contribution < 1.29 is 0 Å². The molecule has 0 atom stereocenters. The Balaban J connectivity index is 2.54. The minimum absolute atomic E-state index is 0.612. The van der Waals surface area contributed by atoms with Gasteiger partial charge in [-0.3, -0.25) is 0 Å². The number of hydrogen-bond donors (Lipinski definition) is 1. The highest BCUT2D eigenvalue weighted by molar-refractivity contribution is 6.05. The van der Waals surface area contributed by atoms with Gasteiger partial charge in [0, 0.05) is 10.8 Å². The Labute approximate surface area is 86.8 Å². The largest absolute Gasteiger partial charge is 0.346 e. The van der Waals surface area contributed by atoms with Crippen molar-refractivity contribution in [1.82, 2.24) is 4.98 Å². The first kappa shape index (κ1) is 8.07. The van der Waals surface area contributed by atoms with Crippen molar-refractivity contribution in [3.8, 4) is 6.07 Å². The summed E-state index contributed by atoms with van der Waals surface area (Å²) in [5, 5.41) is 12.3. The van der Waals surface area contributed by atoms with Gasteiger partial charge in [-0.1, -0.05) is 36.4 Å². The third-order valence-electron chi connectivity index (χ3n) is 2.64. The Morgan fingerprint density at radius 1 is 1.00 bits per heavy atom. The molecular weight excluding hydrogens is 184 g/mol. The van der Waals surface area contributed by atoms with Crippen molar-refractivity contribution in [2.75, 3.05) is 0 Å². The summed E-state index contributed by atoms with van der Waals surface area (Å²) in [6, 6.07) is 16.3. The molecule has 0 aliphatic rings. The fourth-order valence-corrected chi connectivity index (χ4v) is 1.93. The molecule has 0 amide bonds. The van der Waals surface area contributed by atoms with E-state index >= 15 is 0 Å². The molecule has 1 heterocycles. The van der Waals surface area contributed by atoms with Gasteiger partial charge in [-0.05, 0) is 11.5 Å². The smallest absolute Gasteiger partial charge is 0.118 e. The van der Waals surface area contributed by atoms with E-state index in [-0.39, 0.29) is 0 Å². The molecule has 0 saturated heterocycles. The molecule has 2 heteroatoms. The molecule has 15 heavy (non-hydrogen) atoms. The number of fused-ring (bicyclic) bond motifs is 3. The summed E-state index contributed by atoms with van der Waals surface area (Å²) in [6.45, 7) is 0. The lowest BCUT2D eigenvalue weighted by molar-refractivity contribution is 1.38. The van der Waals surface area contributed by atoms with Crippen molar-refractivity contribution in [3.05, 3.63) is 48.2 Å². The van der Waals surface area contributed by atoms with Crippen molar-refractivity contribution >= 4 is 21.7 Å². The fraction of sp³-hybridized carbons (Fsp3) is 0. The summed E-state index contributed by atoms with van der Waals surface area (Å²) < 4.78 is 0. The highest BCUT2D eigenvalue weighted by Gasteiger charge is 2.03. The van der Waals surface area contributed by atoms with Crippen LogP contribution in [0.2, 0.25) is 0 Å². The summed E-state index contributed by atoms with van der Waals surface area (Å²) >= 11 is 0. The number of aromatic amines is 1. The number of nitrogens with one attached hydrogen (secondary N) is 1. The molecular formula is C13H8N2. The van der Waals surface area contributed by atoms with E-state index in [1.807, 2.05) is 24.3 Å². The Hall–Kier alpha value is -2.27. The molecule has 0 aliphatic carbocycles. The first-order chi connectivity index (χ1) is 7.38. The predicted molar refractivity (Wildman–Crippen MR) is 60.5 cm³/mol. The minimum atomic E-state index is 0.612. The third-order valence-corrected chi connectivity index (χ3v) is 2.64. The van der Waals surface area contributed by atoms with Crippen molar-refractivity contribution in [2.24, 2.45) is 0 Å². The first-order valence-corrected chi connectivity index (χ1v) is 4.79. The van der Waals surface area contributed by atoms with Crippen LogP contribution in [0, 0.1) is 11.3 Å². The van der Waals surface area contributed by atoms with Crippen molar-refractivity contribution in [1.29, 1.82) is 5.26 Å². The van der Waals surface area contributed by atoms with Crippen LogP contribution in [0.25, 0.3) is 21.7 Å². The number of H-pyrrole nitrogens is 1. The number of rotatable bonds is 0. The van der Waals surface area contributed by atoms with Gasteiger partial charge in [0.05, 0.1) is 5.52 Å². The van der Waals surface area contributed by atoms with Crippen LogP contribution in [0.3, 0.4) is 0 Å². The second kappa shape index (κ2) is 2.86. The second-order valence-corrected chi connectivity index (χ2v) is 3.55. The molecule has 1 N–H and O–H groups in total. The van der Waals surface area contributed by atoms with E-state index in [1.54, 1.807) is 0 Å². The van der Waals surface area contributed by atoms with Crippen molar-refractivity contribution in [2.45, 2.75) is 0 Å². The SMILES string of the molecule is N#Cc1cc2ccc3ccccc3c2[nH]1. The normalized spacial score (nSPS) is 10.6. The van der Waals surface area contributed by atoms with Crippen LogP contribution >= 0.6 is 0 Å². The zero-order valence-electron chi connectivity index (χ0n) is 7.99. The Bertz CT molecular complexity index is 686. The Morgan fingerprint density at radius 2 is 1.80 bits per heavy atom. The lowest BCUT2D eigenvalue weighted by Gasteiger charge is -1.97. The fourth-order valence-electron chi connectivity index (χ4n) is 1.93. The summed E-state index contributed by atoms with van der Waals surface area (Å²) in [5.74, 6) is 0. The Morgan fingerprint density at radius 3 is 2.67 bits per heavy atom. The zero-order valence-corrected chi connectivity index (χ0v) is 7.99. The highest BCUT2D eigenvalue weighted by atomic mass is 14.7. The lowest BCUT2D eigenvalue weighted by Crippen LogP contribution is -1.75. The molecule has 0 spiro atoms. The Kier molecular flexibility index (Phi) is 1.54. The molecule has 2 aromatic carbocycles. The highest BCUT2D eigenvalue weighted by Crippen LogP contribution is 2.24. The van der Waals surface area contributed by atoms with Crippen molar-refractivity contribution in [3.63, 3.8) is 0 Å². The van der Waals surface area contributed by atoms with E-state index in [1.165, 1.54) is 5.39 Å². The van der Waals surface area contributed by atoms with E-state index in [4.69, 9.17) is 5.26 Å². The van der Waals surface area contributed by atoms with Crippen LogP contribution < -0.4 is 0 Å². The first-order valence-electron chi connectivity index (χ1n) is 4.79. The van der Waals surface area contributed by atoms with Gasteiger partial charge in [-0.2, -0.15) is 5.26 Å². The molecule has 0 unspecified atom stereocenters. The maximum atomic E-state index is 8.83. The van der Waals surface area contributed by atoms with E-state index in [9.17, 15) is 0 Å². The lowest BCUT2D eigenvalue weighted by atomic mass is 10.1. The molecule has 2 nitrogen and oxygen atoms in total. The third kappa shape index (κ3) is 1.10. The topological polar surface area (TPSA) is 39.6 Å². The van der Waals surface area contributed by atoms with E-state index in [0.717, 1.165) is 16.3 Å². The van der Waals surface area contributed by atoms with Crippen LogP contribution in [0.1, 0.15) is 5.69 Å². The maximum Gasteiger partial charge on any atom is 0.118 e. The standard InChI is InChI=1S/C13H8N2/c14-8-11-7-10-6-5-9-3-1-2-4-12(9)13(10)15-11/h1-7,15H. The number of nitriles is 1. The van der Waals surface area contributed by atoms with Gasteiger partial charge >= 0.3 is 0 Å². The van der Waals surface area contributed by atoms with E-state index in [2.05, 4.69) is 29.3 Å². The summed E-state index contributed by atoms with van der Waals surface area (Å²) in [4.78, 5) is 3.13. The van der Waals surface area contributed by atoms with E-state index < -0.39 is 0 Å². The number of aromatic nitrogens is 1. The molecule has 0 radical (unpaired) electrons. The molecule has 0 bridgehead atoms. The van der Waals surface area contributed by atoms with Gasteiger partial charge in [-0.25, -0.2) is 0 Å². The van der Waals surface area contributed by atoms with Crippen LogP contribution in [0.15, 0.2) is 42.5 Å². The van der Waals surface area contributed by atoms with Crippen LogP contribution in [-0.2, 0) is 0 Å². The van der Waals surface area contributed by atoms with E-state index in [0.29, 0.717) is 5.69 Å². The minimum Gasteiger partial charge on any atom is -0.346 e. The summed E-state index contributed by atoms with van der Waals surface area (Å²) in [7, 11) is 0. The predicted octanol–water partition coefficient (Wildman–Crippen LogP) is 3.19. The van der Waals surface area contributed by atoms with Gasteiger partial charge in [0.25, 0.3) is 0 Å². The number of hydrogen-bond acceptors (Lipinski definition) is 1. The average molecular weight is 192 g/mol.